The second-order valence-corrected chi connectivity index (χ2v) is 8.56. The molecule has 2 N–H and O–H groups in total. The van der Waals surface area contributed by atoms with Crippen molar-refractivity contribution in [3.63, 3.8) is 0 Å². The zero-order chi connectivity index (χ0) is 20.9. The van der Waals surface area contributed by atoms with Gasteiger partial charge in [-0.15, -0.1) is 10.2 Å². The highest BCUT2D eigenvalue weighted by Gasteiger charge is 2.20. The molecule has 2 aromatic carbocycles. The molecule has 8 nitrogen and oxygen atoms in total. The highest BCUT2D eigenvalue weighted by Crippen LogP contribution is 2.37. The van der Waals surface area contributed by atoms with Crippen LogP contribution in [-0.2, 0) is 11.3 Å². The van der Waals surface area contributed by atoms with E-state index in [0.717, 1.165) is 5.56 Å². The van der Waals surface area contributed by atoms with Crippen LogP contribution in [0.1, 0.15) is 22.8 Å². The molecule has 0 radical (unpaired) electrons. The van der Waals surface area contributed by atoms with E-state index in [2.05, 4.69) is 20.8 Å². The van der Waals surface area contributed by atoms with Crippen LogP contribution in [0.5, 0.6) is 11.5 Å². The molecule has 0 fully saturated rings. The molecule has 154 valence electrons. The molecule has 10 heteroatoms. The van der Waals surface area contributed by atoms with Gasteiger partial charge in [-0.25, -0.2) is 0 Å². The lowest BCUT2D eigenvalue weighted by atomic mass is 10.1. The number of nitrogens with one attached hydrogen (secondary N) is 2. The van der Waals surface area contributed by atoms with Crippen molar-refractivity contribution in [2.45, 2.75) is 17.8 Å². The molecule has 1 aromatic heterocycles. The highest BCUT2D eigenvalue weighted by molar-refractivity contribution is 8.01. The van der Waals surface area contributed by atoms with E-state index in [1.807, 2.05) is 30.3 Å². The summed E-state index contributed by atoms with van der Waals surface area (Å²) in [7, 11) is 0. The molecule has 4 rings (SSSR count). The topological polar surface area (TPSA) is 102 Å². The minimum Gasteiger partial charge on any atom is -0.454 e. The van der Waals surface area contributed by atoms with Gasteiger partial charge in [-0.3, -0.25) is 9.59 Å². The number of hydrogen-bond acceptors (Lipinski definition) is 9. The van der Waals surface area contributed by atoms with Gasteiger partial charge in [0.1, 0.15) is 0 Å². The Hall–Kier alpha value is -3.11. The van der Waals surface area contributed by atoms with Crippen molar-refractivity contribution in [3.8, 4) is 11.5 Å². The van der Waals surface area contributed by atoms with E-state index in [9.17, 15) is 9.59 Å². The monoisotopic (exact) mass is 442 g/mol. The minimum absolute atomic E-state index is 0.0949. The molecule has 1 amide bonds. The summed E-state index contributed by atoms with van der Waals surface area (Å²) < 4.78 is 11.3. The molecular weight excluding hydrogens is 424 g/mol. The third-order valence-electron chi connectivity index (χ3n) is 4.19. The molecule has 1 aliphatic rings. The Morgan fingerprint density at radius 3 is 2.67 bits per heavy atom. The Balaban J connectivity index is 1.32. The zero-order valence-corrected chi connectivity index (χ0v) is 17.6. The van der Waals surface area contributed by atoms with Gasteiger partial charge in [-0.2, -0.15) is 0 Å². The lowest BCUT2D eigenvalue weighted by Crippen LogP contribution is -2.16. The maximum Gasteiger partial charge on any atom is 0.234 e. The molecule has 3 aromatic rings. The van der Waals surface area contributed by atoms with Gasteiger partial charge in [0.25, 0.3) is 0 Å². The van der Waals surface area contributed by atoms with Gasteiger partial charge in [-0.05, 0) is 18.6 Å². The predicted molar refractivity (Wildman–Crippen MR) is 116 cm³/mol. The summed E-state index contributed by atoms with van der Waals surface area (Å²) in [6, 6.07) is 13.2. The Bertz CT molecular complexity index is 1070. The molecule has 0 atom stereocenters. The smallest absolute Gasteiger partial charge is 0.234 e. The van der Waals surface area contributed by atoms with Gasteiger partial charge >= 0.3 is 0 Å². The number of fused-ring (bicyclic) bond motifs is 1. The van der Waals surface area contributed by atoms with Gasteiger partial charge in [0.2, 0.25) is 17.8 Å². The maximum absolute atomic E-state index is 12.4. The molecule has 30 heavy (non-hydrogen) atoms. The lowest BCUT2D eigenvalue weighted by Gasteiger charge is -2.10. The van der Waals surface area contributed by atoms with E-state index >= 15 is 0 Å². The Labute approximate surface area is 181 Å². The average molecular weight is 443 g/mol. The van der Waals surface area contributed by atoms with Crippen molar-refractivity contribution < 1.29 is 19.1 Å². The third-order valence-corrected chi connectivity index (χ3v) is 6.20. The van der Waals surface area contributed by atoms with Crippen molar-refractivity contribution in [2.75, 3.05) is 23.2 Å². The van der Waals surface area contributed by atoms with Crippen molar-refractivity contribution in [1.82, 2.24) is 10.2 Å². The first-order valence-corrected chi connectivity index (χ1v) is 10.9. The van der Waals surface area contributed by atoms with E-state index in [0.29, 0.717) is 38.8 Å². The van der Waals surface area contributed by atoms with Gasteiger partial charge in [0, 0.05) is 18.2 Å². The fourth-order valence-electron chi connectivity index (χ4n) is 2.76. The standard InChI is InChI=1S/C20H18N4O4S2/c1-12(25)14-7-16-17(28-11-27-16)8-15(14)22-18(26)10-29-20-24-23-19(30-20)21-9-13-5-3-2-4-6-13/h2-8H,9-11H2,1H3,(H,21,23)(H,22,26). The molecule has 0 unspecified atom stereocenters. The number of rotatable bonds is 8. The largest absolute Gasteiger partial charge is 0.454 e. The summed E-state index contributed by atoms with van der Waals surface area (Å²) in [4.78, 5) is 24.3. The fourth-order valence-corrected chi connectivity index (χ4v) is 4.31. The number of thioether (sulfide) groups is 1. The Kier molecular flexibility index (Phi) is 6.15. The molecular formula is C20H18N4O4S2. The second kappa shape index (κ2) is 9.14. The summed E-state index contributed by atoms with van der Waals surface area (Å²) in [5.41, 5.74) is 1.92. The number of anilines is 2. The van der Waals surface area contributed by atoms with Crippen LogP contribution in [-0.4, -0.2) is 34.4 Å². The quantitative estimate of drug-likeness (QED) is 0.401. The molecule has 0 aliphatic carbocycles. The van der Waals surface area contributed by atoms with Crippen LogP contribution in [0.2, 0.25) is 0 Å². The molecule has 0 saturated carbocycles. The van der Waals surface area contributed by atoms with E-state index in [1.54, 1.807) is 12.1 Å². The number of carbonyl (C=O) groups excluding carboxylic acids is 2. The number of carbonyl (C=O) groups is 2. The molecule has 2 heterocycles. The zero-order valence-electron chi connectivity index (χ0n) is 16.0. The summed E-state index contributed by atoms with van der Waals surface area (Å²) in [5.74, 6) is 0.710. The predicted octanol–water partition coefficient (Wildman–Crippen LogP) is 3.81. The number of ketones is 1. The maximum atomic E-state index is 12.4. The van der Waals surface area contributed by atoms with Gasteiger partial charge < -0.3 is 20.1 Å². The van der Waals surface area contributed by atoms with E-state index < -0.39 is 0 Å². The summed E-state index contributed by atoms with van der Waals surface area (Å²) in [5, 5.41) is 14.9. The first-order valence-electron chi connectivity index (χ1n) is 9.07. The van der Waals surface area contributed by atoms with Crippen LogP contribution in [0.4, 0.5) is 10.8 Å². The minimum atomic E-state index is -0.254. The second-order valence-electron chi connectivity index (χ2n) is 6.36. The van der Waals surface area contributed by atoms with Crippen molar-refractivity contribution in [2.24, 2.45) is 0 Å². The summed E-state index contributed by atoms with van der Waals surface area (Å²) >= 11 is 2.67. The number of Topliss-reactive ketones (excluding diaryl/α,β-unsaturated/α-hetero) is 1. The fraction of sp³-hybridized carbons (Fsp3) is 0.200. The van der Waals surface area contributed by atoms with Gasteiger partial charge in [0.05, 0.1) is 11.4 Å². The number of nitrogens with zero attached hydrogens (tertiary/aromatic N) is 2. The first-order chi connectivity index (χ1) is 14.6. The molecule has 1 aliphatic heterocycles. The number of aromatic nitrogens is 2. The number of benzene rings is 2. The first kappa shape index (κ1) is 20.2. The third kappa shape index (κ3) is 4.89. The van der Waals surface area contributed by atoms with Crippen molar-refractivity contribution >= 4 is 45.6 Å². The average Bonchev–Trinajstić information content (AvgIpc) is 3.39. The Morgan fingerprint density at radius 2 is 1.90 bits per heavy atom. The van der Waals surface area contributed by atoms with Crippen LogP contribution in [0.3, 0.4) is 0 Å². The van der Waals surface area contributed by atoms with Gasteiger partial charge in [0.15, 0.2) is 21.6 Å². The Morgan fingerprint density at radius 1 is 1.13 bits per heavy atom. The SMILES string of the molecule is CC(=O)c1cc2c(cc1NC(=O)CSc1nnc(NCc3ccccc3)s1)OCO2. The summed E-state index contributed by atoms with van der Waals surface area (Å²) in [6.45, 7) is 2.18. The molecule has 0 spiro atoms. The van der Waals surface area contributed by atoms with E-state index in [4.69, 9.17) is 9.47 Å². The number of amides is 1. The molecule has 0 bridgehead atoms. The highest BCUT2D eigenvalue weighted by atomic mass is 32.2. The van der Waals surface area contributed by atoms with Crippen molar-refractivity contribution in [3.05, 3.63) is 53.6 Å². The van der Waals surface area contributed by atoms with Gasteiger partial charge in [-0.1, -0.05) is 53.4 Å². The van der Waals surface area contributed by atoms with E-state index in [1.165, 1.54) is 30.0 Å². The van der Waals surface area contributed by atoms with Crippen molar-refractivity contribution in [1.29, 1.82) is 0 Å². The van der Waals surface area contributed by atoms with Crippen LogP contribution < -0.4 is 20.1 Å². The van der Waals surface area contributed by atoms with Crippen LogP contribution in [0, 0.1) is 0 Å². The van der Waals surface area contributed by atoms with Crippen LogP contribution >= 0.6 is 23.1 Å². The van der Waals surface area contributed by atoms with E-state index in [-0.39, 0.29) is 24.2 Å². The normalized spacial score (nSPS) is 11.9. The lowest BCUT2D eigenvalue weighted by molar-refractivity contribution is -0.113. The molecule has 0 saturated heterocycles. The summed E-state index contributed by atoms with van der Waals surface area (Å²) in [6.07, 6.45) is 0. The number of hydrogen-bond donors (Lipinski definition) is 2. The number of ether oxygens (including phenoxy) is 2. The van der Waals surface area contributed by atoms with Crippen LogP contribution in [0.15, 0.2) is 46.8 Å². The van der Waals surface area contributed by atoms with Crippen LogP contribution in [0.25, 0.3) is 0 Å².